The molecule has 3 rings (SSSR count). The van der Waals surface area contributed by atoms with Gasteiger partial charge in [0.2, 0.25) is 5.91 Å². The highest BCUT2D eigenvalue weighted by atomic mass is 16.5. The first-order valence-electron chi connectivity index (χ1n) is 11.5. The average molecular weight is 484 g/mol. The number of methoxy groups -OCH3 is 1. The van der Waals surface area contributed by atoms with Crippen molar-refractivity contribution in [2.45, 2.75) is 30.8 Å². The molecule has 2 atom stereocenters. The van der Waals surface area contributed by atoms with E-state index in [1.54, 1.807) is 25.9 Å². The molecule has 188 valence electrons. The second-order valence-electron chi connectivity index (χ2n) is 8.95. The Morgan fingerprint density at radius 1 is 1.06 bits per heavy atom. The minimum absolute atomic E-state index is 0.0899. The Bertz CT molecular complexity index is 1030. The smallest absolute Gasteiger partial charge is 0.408 e. The van der Waals surface area contributed by atoms with E-state index in [4.69, 9.17) is 9.47 Å². The molecule has 9 heteroatoms. The molecule has 0 heterocycles. The standard InChI is InChI=1S/C26H33N3O6/c1-5-26(16-34-4,24(32)27-22(23(30)31)14-29(2)3)28-25(33)35-15-21-19-12-8-6-10-17(19)18-11-7-9-13-20(18)21/h6-13,21-22H,5,14-16H2,1-4H3,(H,27,32)(H,28,33)(H,30,31)/t22-,26?/m0/s1. The first-order valence-corrected chi connectivity index (χ1v) is 11.5. The minimum atomic E-state index is -1.49. The van der Waals surface area contributed by atoms with Crippen molar-refractivity contribution in [3.05, 3.63) is 59.7 Å². The second kappa shape index (κ2) is 11.3. The molecule has 9 nitrogen and oxygen atoms in total. The van der Waals surface area contributed by atoms with E-state index in [-0.39, 0.29) is 32.1 Å². The van der Waals surface area contributed by atoms with Gasteiger partial charge in [-0.1, -0.05) is 55.5 Å². The number of nitrogens with zero attached hydrogens (tertiary/aromatic N) is 1. The summed E-state index contributed by atoms with van der Waals surface area (Å²) in [5, 5.41) is 14.7. The van der Waals surface area contributed by atoms with Gasteiger partial charge in [0.05, 0.1) is 6.61 Å². The second-order valence-corrected chi connectivity index (χ2v) is 8.95. The topological polar surface area (TPSA) is 117 Å². The number of ether oxygens (including phenoxy) is 2. The van der Waals surface area contributed by atoms with E-state index in [2.05, 4.69) is 10.6 Å². The molecule has 0 fully saturated rings. The highest BCUT2D eigenvalue weighted by Crippen LogP contribution is 2.44. The van der Waals surface area contributed by atoms with Crippen molar-refractivity contribution in [3.8, 4) is 11.1 Å². The van der Waals surface area contributed by atoms with Crippen LogP contribution in [0, 0.1) is 0 Å². The van der Waals surface area contributed by atoms with Gasteiger partial charge in [0.15, 0.2) is 0 Å². The van der Waals surface area contributed by atoms with Crippen LogP contribution in [0.3, 0.4) is 0 Å². The largest absolute Gasteiger partial charge is 0.480 e. The SMILES string of the molecule is CCC(COC)(NC(=O)OCC1c2ccccc2-c2ccccc21)C(=O)N[C@@H](CN(C)C)C(=O)O. The Morgan fingerprint density at radius 3 is 2.11 bits per heavy atom. The zero-order valence-electron chi connectivity index (χ0n) is 20.5. The van der Waals surface area contributed by atoms with E-state index >= 15 is 0 Å². The van der Waals surface area contributed by atoms with E-state index in [1.807, 2.05) is 48.5 Å². The predicted molar refractivity (Wildman–Crippen MR) is 131 cm³/mol. The van der Waals surface area contributed by atoms with Gasteiger partial charge in [-0.15, -0.1) is 0 Å². The fourth-order valence-electron chi connectivity index (χ4n) is 4.43. The number of carbonyl (C=O) groups excluding carboxylic acids is 2. The lowest BCUT2D eigenvalue weighted by Gasteiger charge is -2.33. The van der Waals surface area contributed by atoms with Crippen molar-refractivity contribution < 1.29 is 29.0 Å². The van der Waals surface area contributed by atoms with Gasteiger partial charge in [-0.25, -0.2) is 9.59 Å². The summed E-state index contributed by atoms with van der Waals surface area (Å²) < 4.78 is 10.8. The lowest BCUT2D eigenvalue weighted by atomic mass is 9.95. The van der Waals surface area contributed by atoms with Crippen LogP contribution >= 0.6 is 0 Å². The average Bonchev–Trinajstić information content (AvgIpc) is 3.15. The molecule has 2 aromatic rings. The van der Waals surface area contributed by atoms with Crippen molar-refractivity contribution in [2.75, 3.05) is 41.0 Å². The van der Waals surface area contributed by atoms with Crippen LogP contribution in [0.15, 0.2) is 48.5 Å². The van der Waals surface area contributed by atoms with Gasteiger partial charge in [-0.05, 0) is 42.8 Å². The molecule has 3 N–H and O–H groups in total. The summed E-state index contributed by atoms with van der Waals surface area (Å²) >= 11 is 0. The van der Waals surface area contributed by atoms with E-state index < -0.39 is 29.6 Å². The summed E-state index contributed by atoms with van der Waals surface area (Å²) in [5.41, 5.74) is 2.88. The van der Waals surface area contributed by atoms with Gasteiger partial charge in [-0.2, -0.15) is 0 Å². The Kier molecular flexibility index (Phi) is 8.48. The molecule has 1 unspecified atom stereocenters. The van der Waals surface area contributed by atoms with E-state index in [0.717, 1.165) is 22.3 Å². The van der Waals surface area contributed by atoms with E-state index in [0.29, 0.717) is 0 Å². The first kappa shape index (κ1) is 26.2. The normalized spacial score (nSPS) is 15.0. The Morgan fingerprint density at radius 2 is 1.63 bits per heavy atom. The van der Waals surface area contributed by atoms with E-state index in [9.17, 15) is 19.5 Å². The number of carbonyl (C=O) groups is 3. The van der Waals surface area contributed by atoms with Crippen molar-refractivity contribution in [1.82, 2.24) is 15.5 Å². The maximum Gasteiger partial charge on any atom is 0.408 e. The Labute approximate surface area is 205 Å². The molecule has 0 aromatic heterocycles. The molecule has 2 aromatic carbocycles. The summed E-state index contributed by atoms with van der Waals surface area (Å²) in [6.45, 7) is 1.75. The molecule has 1 aliphatic rings. The molecule has 0 bridgehead atoms. The van der Waals surface area contributed by atoms with Crippen LogP contribution in [0.4, 0.5) is 4.79 Å². The van der Waals surface area contributed by atoms with Gasteiger partial charge >= 0.3 is 12.1 Å². The van der Waals surface area contributed by atoms with Crippen LogP contribution in [0.25, 0.3) is 11.1 Å². The zero-order chi connectivity index (χ0) is 25.6. The maximum absolute atomic E-state index is 13.2. The van der Waals surface area contributed by atoms with Crippen molar-refractivity contribution in [2.24, 2.45) is 0 Å². The molecule has 0 saturated heterocycles. The zero-order valence-corrected chi connectivity index (χ0v) is 20.5. The maximum atomic E-state index is 13.2. The third-order valence-electron chi connectivity index (χ3n) is 6.27. The minimum Gasteiger partial charge on any atom is -0.480 e. The van der Waals surface area contributed by atoms with Crippen molar-refractivity contribution >= 4 is 18.0 Å². The highest BCUT2D eigenvalue weighted by Gasteiger charge is 2.41. The fraction of sp³-hybridized carbons (Fsp3) is 0.423. The Hall–Kier alpha value is -3.43. The number of hydrogen-bond donors (Lipinski definition) is 3. The van der Waals surface area contributed by atoms with Gasteiger partial charge in [0.1, 0.15) is 18.2 Å². The molecular formula is C26H33N3O6. The summed E-state index contributed by atoms with van der Waals surface area (Å²) in [6, 6.07) is 14.9. The lowest BCUT2D eigenvalue weighted by Crippen LogP contribution is -2.64. The molecule has 0 radical (unpaired) electrons. The van der Waals surface area contributed by atoms with Crippen LogP contribution < -0.4 is 10.6 Å². The van der Waals surface area contributed by atoms with Crippen LogP contribution in [0.5, 0.6) is 0 Å². The number of hydrogen-bond acceptors (Lipinski definition) is 6. The van der Waals surface area contributed by atoms with Crippen LogP contribution in [-0.4, -0.2) is 80.5 Å². The molecule has 0 aliphatic heterocycles. The number of amides is 2. The number of alkyl carbamates (subject to hydrolysis) is 1. The summed E-state index contributed by atoms with van der Waals surface area (Å²) in [4.78, 5) is 39.3. The van der Waals surface area contributed by atoms with Crippen molar-refractivity contribution in [1.29, 1.82) is 0 Å². The van der Waals surface area contributed by atoms with Gasteiger partial charge < -0.3 is 30.1 Å². The van der Waals surface area contributed by atoms with Crippen LogP contribution in [0.2, 0.25) is 0 Å². The number of carboxylic acids is 1. The third kappa shape index (κ3) is 5.80. The van der Waals surface area contributed by atoms with Crippen LogP contribution in [-0.2, 0) is 19.1 Å². The summed E-state index contributed by atoms with van der Waals surface area (Å²) in [6.07, 6.45) is -0.606. The lowest BCUT2D eigenvalue weighted by molar-refractivity contribution is -0.144. The number of nitrogens with one attached hydrogen (secondary N) is 2. The quantitative estimate of drug-likeness (QED) is 0.449. The Balaban J connectivity index is 1.73. The predicted octanol–water partition coefficient (Wildman–Crippen LogP) is 2.45. The number of rotatable bonds is 11. The fourth-order valence-corrected chi connectivity index (χ4v) is 4.43. The molecule has 0 saturated carbocycles. The number of fused-ring (bicyclic) bond motifs is 3. The molecular weight excluding hydrogens is 450 g/mol. The third-order valence-corrected chi connectivity index (χ3v) is 6.27. The summed E-state index contributed by atoms with van der Waals surface area (Å²) in [5.74, 6) is -1.95. The monoisotopic (exact) mass is 483 g/mol. The number of aliphatic carboxylic acids is 1. The molecule has 1 aliphatic carbocycles. The van der Waals surface area contributed by atoms with E-state index in [1.165, 1.54) is 7.11 Å². The summed E-state index contributed by atoms with van der Waals surface area (Å²) in [7, 11) is 4.82. The molecule has 0 spiro atoms. The van der Waals surface area contributed by atoms with Crippen LogP contribution in [0.1, 0.15) is 30.4 Å². The first-order chi connectivity index (χ1) is 16.7. The number of carboxylic acid groups (broad SMARTS) is 1. The van der Waals surface area contributed by atoms with Gasteiger partial charge in [0.25, 0.3) is 0 Å². The van der Waals surface area contributed by atoms with Gasteiger partial charge in [-0.3, -0.25) is 4.79 Å². The molecule has 2 amide bonds. The number of benzene rings is 2. The molecule has 35 heavy (non-hydrogen) atoms. The highest BCUT2D eigenvalue weighted by molar-refractivity contribution is 5.93. The van der Waals surface area contributed by atoms with Crippen molar-refractivity contribution in [3.63, 3.8) is 0 Å². The van der Waals surface area contributed by atoms with Gasteiger partial charge in [0, 0.05) is 19.6 Å². The number of likely N-dealkylation sites (N-methyl/N-ethyl adjacent to an activating group) is 1.